The molecule has 4 atom stereocenters. The highest BCUT2D eigenvalue weighted by Crippen LogP contribution is 2.42. The number of aromatic nitrogens is 2. The minimum absolute atomic E-state index is 0.149. The molecule has 0 spiro atoms. The van der Waals surface area contributed by atoms with Gasteiger partial charge in [-0.15, -0.1) is 0 Å². The Labute approximate surface area is 231 Å². The Kier molecular flexibility index (Phi) is 7.31. The number of ether oxygens (including phenoxy) is 1. The zero-order valence-electron chi connectivity index (χ0n) is 23.1. The van der Waals surface area contributed by atoms with Crippen LogP contribution in [0.3, 0.4) is 0 Å². The Balaban J connectivity index is 1.29. The number of likely N-dealkylation sites (N-methyl/N-ethyl adjacent to an activating group) is 1. The van der Waals surface area contributed by atoms with Crippen molar-refractivity contribution in [3.05, 3.63) is 59.3 Å². The van der Waals surface area contributed by atoms with Gasteiger partial charge in [-0.3, -0.25) is 9.69 Å². The third kappa shape index (κ3) is 5.03. The molecule has 4 heterocycles. The predicted molar refractivity (Wildman–Crippen MR) is 150 cm³/mol. The normalized spacial score (nSPS) is 26.0. The number of anilines is 1. The van der Waals surface area contributed by atoms with Gasteiger partial charge in [-0.05, 0) is 63.4 Å². The lowest BCUT2D eigenvalue weighted by Gasteiger charge is -2.43. The smallest absolute Gasteiger partial charge is 0.318 e. The van der Waals surface area contributed by atoms with Gasteiger partial charge in [0.1, 0.15) is 12.4 Å². The van der Waals surface area contributed by atoms with Gasteiger partial charge in [-0.2, -0.15) is 9.97 Å². The van der Waals surface area contributed by atoms with Gasteiger partial charge in [0.05, 0.1) is 17.8 Å². The van der Waals surface area contributed by atoms with Gasteiger partial charge in [-0.25, -0.2) is 0 Å². The molecule has 1 aromatic heterocycles. The van der Waals surface area contributed by atoms with Crippen molar-refractivity contribution in [2.24, 2.45) is 0 Å². The van der Waals surface area contributed by atoms with Crippen LogP contribution in [0.1, 0.15) is 54.6 Å². The van der Waals surface area contributed by atoms with E-state index in [1.54, 1.807) is 11.8 Å². The molecule has 1 aromatic carbocycles. The molecule has 0 radical (unpaired) electrons. The maximum Gasteiger partial charge on any atom is 0.318 e. The molecular formula is C30H40N6O3. The van der Waals surface area contributed by atoms with E-state index in [4.69, 9.17) is 14.7 Å². The highest BCUT2D eigenvalue weighted by molar-refractivity contribution is 5.87. The molecule has 4 aliphatic rings. The summed E-state index contributed by atoms with van der Waals surface area (Å²) >= 11 is 0. The molecule has 0 bridgehead atoms. The third-order valence-corrected chi connectivity index (χ3v) is 9.12. The van der Waals surface area contributed by atoms with Crippen LogP contribution in [0.2, 0.25) is 0 Å². The molecule has 39 heavy (non-hydrogen) atoms. The summed E-state index contributed by atoms with van der Waals surface area (Å²) in [5, 5.41) is 10.6. The first-order chi connectivity index (χ1) is 18.9. The summed E-state index contributed by atoms with van der Waals surface area (Å²) in [6.07, 6.45) is 5.18. The first kappa shape index (κ1) is 26.2. The van der Waals surface area contributed by atoms with E-state index in [9.17, 15) is 9.90 Å². The van der Waals surface area contributed by atoms with Crippen molar-refractivity contribution >= 4 is 11.7 Å². The van der Waals surface area contributed by atoms with E-state index in [-0.39, 0.29) is 11.9 Å². The van der Waals surface area contributed by atoms with Crippen molar-refractivity contribution in [3.63, 3.8) is 0 Å². The van der Waals surface area contributed by atoms with Gasteiger partial charge in [-0.1, -0.05) is 30.8 Å². The van der Waals surface area contributed by atoms with E-state index in [2.05, 4.69) is 52.6 Å². The summed E-state index contributed by atoms with van der Waals surface area (Å²) in [5.74, 6) is 0.726. The average molecular weight is 533 g/mol. The molecule has 1 N–H and O–H groups in total. The van der Waals surface area contributed by atoms with Crippen LogP contribution in [0.15, 0.2) is 36.9 Å². The minimum Gasteiger partial charge on any atom is -0.462 e. The molecule has 2 unspecified atom stereocenters. The second-order valence-corrected chi connectivity index (χ2v) is 11.5. The van der Waals surface area contributed by atoms with Crippen molar-refractivity contribution in [2.75, 3.05) is 44.7 Å². The number of benzene rings is 1. The summed E-state index contributed by atoms with van der Waals surface area (Å²) in [6, 6.07) is 9.61. The number of rotatable bonds is 7. The Bertz CT molecular complexity index is 1240. The Hall–Kier alpha value is -3.01. The van der Waals surface area contributed by atoms with Crippen molar-refractivity contribution in [1.82, 2.24) is 24.7 Å². The van der Waals surface area contributed by atoms with Crippen LogP contribution in [0, 0.1) is 0 Å². The van der Waals surface area contributed by atoms with E-state index in [0.29, 0.717) is 44.3 Å². The van der Waals surface area contributed by atoms with Crippen LogP contribution in [0.4, 0.5) is 5.82 Å². The van der Waals surface area contributed by atoms with Crippen LogP contribution >= 0.6 is 0 Å². The fraction of sp³-hybridized carbons (Fsp3) is 0.567. The summed E-state index contributed by atoms with van der Waals surface area (Å²) in [7, 11) is 2.15. The van der Waals surface area contributed by atoms with E-state index in [1.165, 1.54) is 23.6 Å². The number of carbonyl (C=O) groups excluding carboxylic acids is 1. The molecule has 208 valence electrons. The van der Waals surface area contributed by atoms with Gasteiger partial charge >= 0.3 is 6.01 Å². The summed E-state index contributed by atoms with van der Waals surface area (Å²) in [6.45, 7) is 10.2. The summed E-state index contributed by atoms with van der Waals surface area (Å²) in [5.41, 5.74) is 5.03. The average Bonchev–Trinajstić information content (AvgIpc) is 3.68. The fourth-order valence-corrected chi connectivity index (χ4v) is 6.87. The van der Waals surface area contributed by atoms with Crippen molar-refractivity contribution < 1.29 is 14.6 Å². The van der Waals surface area contributed by atoms with E-state index in [1.807, 2.05) is 0 Å². The van der Waals surface area contributed by atoms with Gasteiger partial charge in [0.15, 0.2) is 0 Å². The van der Waals surface area contributed by atoms with Crippen molar-refractivity contribution in [1.29, 1.82) is 0 Å². The topological polar surface area (TPSA) is 85.3 Å². The fourth-order valence-electron chi connectivity index (χ4n) is 6.87. The molecule has 1 aliphatic carbocycles. The summed E-state index contributed by atoms with van der Waals surface area (Å²) < 4.78 is 6.25. The van der Waals surface area contributed by atoms with Gasteiger partial charge in [0.25, 0.3) is 0 Å². The lowest BCUT2D eigenvalue weighted by molar-refractivity contribution is -0.131. The Morgan fingerprint density at radius 2 is 2.05 bits per heavy atom. The molecule has 6 rings (SSSR count). The molecule has 9 heteroatoms. The van der Waals surface area contributed by atoms with Crippen LogP contribution in [-0.4, -0.2) is 93.7 Å². The maximum atomic E-state index is 12.5. The van der Waals surface area contributed by atoms with Crippen LogP contribution in [0.25, 0.3) is 0 Å². The molecule has 1 amide bonds. The van der Waals surface area contributed by atoms with Gasteiger partial charge in [0, 0.05) is 50.4 Å². The maximum absolute atomic E-state index is 12.5. The van der Waals surface area contributed by atoms with Crippen LogP contribution < -0.4 is 9.64 Å². The predicted octanol–water partition coefficient (Wildman–Crippen LogP) is 2.54. The number of nitrogens with zero attached hydrogens (tertiary/aromatic N) is 6. The highest BCUT2D eigenvalue weighted by Gasteiger charge is 2.38. The van der Waals surface area contributed by atoms with Crippen molar-refractivity contribution in [2.45, 2.75) is 69.9 Å². The third-order valence-electron chi connectivity index (χ3n) is 9.12. The van der Waals surface area contributed by atoms with Crippen molar-refractivity contribution in [3.8, 4) is 6.01 Å². The monoisotopic (exact) mass is 532 g/mol. The van der Waals surface area contributed by atoms with Gasteiger partial charge in [0.2, 0.25) is 5.91 Å². The van der Waals surface area contributed by atoms with Crippen LogP contribution in [-0.2, 0) is 24.3 Å². The molecule has 0 saturated carbocycles. The molecule has 2 fully saturated rings. The highest BCUT2D eigenvalue weighted by atomic mass is 16.5. The van der Waals surface area contributed by atoms with E-state index < -0.39 is 6.10 Å². The quantitative estimate of drug-likeness (QED) is 0.545. The number of aliphatic hydroxyl groups excluding tert-OH is 1. The van der Waals surface area contributed by atoms with E-state index >= 15 is 0 Å². The number of carbonyl (C=O) groups is 1. The molecule has 3 aliphatic heterocycles. The number of fused-ring (bicyclic) bond motifs is 2. The summed E-state index contributed by atoms with van der Waals surface area (Å²) in [4.78, 5) is 31.2. The van der Waals surface area contributed by atoms with Gasteiger partial charge < -0.3 is 24.5 Å². The standard InChI is InChI=1S/C30H40N6O3/c1-4-28(38)36-15-14-34(18-27(36)20(2)37)29-24-16-35(26-12-11-21-8-5-6-10-23(21)26)17-25(24)31-30(32-29)39-19-22-9-7-13-33(22)3/h4-6,8,10,20,22,26-27,37H,1,7,9,11-19H2,2-3H3/t20?,22-,26?,27+/m0/s1. The second kappa shape index (κ2) is 10.9. The SMILES string of the molecule is C=CC(=O)N1CCN(c2nc(OC[C@@H]3CCCN3C)nc3c2CN(C2CCc4ccccc42)C3)C[C@@H]1C(C)O. The Morgan fingerprint density at radius 1 is 1.21 bits per heavy atom. The number of aryl methyl sites for hydroxylation is 1. The lowest BCUT2D eigenvalue weighted by atomic mass is 10.1. The largest absolute Gasteiger partial charge is 0.462 e. The van der Waals surface area contributed by atoms with Crippen LogP contribution in [0.5, 0.6) is 6.01 Å². The zero-order chi connectivity index (χ0) is 27.1. The number of aliphatic hydroxyl groups is 1. The molecular weight excluding hydrogens is 492 g/mol. The first-order valence-corrected chi connectivity index (χ1v) is 14.3. The molecule has 2 saturated heterocycles. The zero-order valence-corrected chi connectivity index (χ0v) is 23.1. The second-order valence-electron chi connectivity index (χ2n) is 11.5. The number of piperazine rings is 1. The first-order valence-electron chi connectivity index (χ1n) is 14.3. The van der Waals surface area contributed by atoms with E-state index in [0.717, 1.165) is 56.0 Å². The number of amides is 1. The lowest BCUT2D eigenvalue weighted by Crippen LogP contribution is -2.59. The molecule has 9 nitrogen and oxygen atoms in total. The number of hydrogen-bond acceptors (Lipinski definition) is 8. The molecule has 2 aromatic rings. The number of hydrogen-bond donors (Lipinski definition) is 1. The number of likely N-dealkylation sites (tertiary alicyclic amines) is 1. The Morgan fingerprint density at radius 3 is 2.82 bits per heavy atom. The minimum atomic E-state index is -0.674.